The molecule has 19 heavy (non-hydrogen) atoms. The number of fused-ring (bicyclic) bond motifs is 1. The lowest BCUT2D eigenvalue weighted by Crippen LogP contribution is -2.48. The van der Waals surface area contributed by atoms with Crippen molar-refractivity contribution in [3.05, 3.63) is 12.2 Å². The molecule has 3 aliphatic carbocycles. The molecule has 2 fully saturated rings. The maximum absolute atomic E-state index is 3.77. The van der Waals surface area contributed by atoms with Crippen LogP contribution in [0.15, 0.2) is 12.2 Å². The minimum Gasteiger partial charge on any atom is -0.313 e. The summed E-state index contributed by atoms with van der Waals surface area (Å²) in [4.78, 5) is 2.61. The quantitative estimate of drug-likeness (QED) is 0.584. The van der Waals surface area contributed by atoms with Gasteiger partial charge in [-0.2, -0.15) is 0 Å². The van der Waals surface area contributed by atoms with Crippen LogP contribution in [0.3, 0.4) is 0 Å². The fourth-order valence-corrected chi connectivity index (χ4v) is 4.27. The fourth-order valence-electron chi connectivity index (χ4n) is 4.27. The molecule has 0 radical (unpaired) electrons. The van der Waals surface area contributed by atoms with Gasteiger partial charge in [0, 0.05) is 12.1 Å². The molecule has 0 amide bonds. The van der Waals surface area contributed by atoms with Crippen molar-refractivity contribution in [1.29, 1.82) is 0 Å². The smallest absolute Gasteiger partial charge is 0.0136 e. The zero-order valence-corrected chi connectivity index (χ0v) is 12.5. The Hall–Kier alpha value is -0.340. The molecule has 0 spiro atoms. The summed E-state index contributed by atoms with van der Waals surface area (Å²) in [5, 5.41) is 3.77. The largest absolute Gasteiger partial charge is 0.313 e. The lowest BCUT2D eigenvalue weighted by molar-refractivity contribution is 0.156. The zero-order chi connectivity index (χ0) is 13.1. The van der Waals surface area contributed by atoms with E-state index in [0.29, 0.717) is 0 Å². The third-order valence-electron chi connectivity index (χ3n) is 5.65. The van der Waals surface area contributed by atoms with Crippen LogP contribution in [0, 0.1) is 11.8 Å². The predicted molar refractivity (Wildman–Crippen MR) is 81.3 cm³/mol. The predicted octanol–water partition coefficient (Wildman–Crippen LogP) is 3.20. The Labute approximate surface area is 118 Å². The molecular weight excluding hydrogens is 232 g/mol. The van der Waals surface area contributed by atoms with Crippen molar-refractivity contribution in [3.63, 3.8) is 0 Å². The average molecular weight is 262 g/mol. The van der Waals surface area contributed by atoms with Crippen molar-refractivity contribution in [3.8, 4) is 0 Å². The maximum Gasteiger partial charge on any atom is 0.0136 e. The van der Waals surface area contributed by atoms with Crippen molar-refractivity contribution in [2.45, 2.75) is 63.5 Å². The number of hydrogen-bond donors (Lipinski definition) is 1. The lowest BCUT2D eigenvalue weighted by atomic mass is 9.71. The first-order valence-electron chi connectivity index (χ1n) is 8.45. The van der Waals surface area contributed by atoms with Crippen LogP contribution >= 0.6 is 0 Å². The molecule has 0 aliphatic heterocycles. The molecular formula is C17H30N2. The van der Waals surface area contributed by atoms with E-state index in [-0.39, 0.29) is 0 Å². The molecule has 2 heteroatoms. The number of rotatable bonds is 6. The molecule has 0 heterocycles. The van der Waals surface area contributed by atoms with E-state index in [2.05, 4.69) is 29.4 Å². The summed E-state index contributed by atoms with van der Waals surface area (Å²) < 4.78 is 0. The Morgan fingerprint density at radius 3 is 2.84 bits per heavy atom. The summed E-state index contributed by atoms with van der Waals surface area (Å²) in [5.41, 5.74) is 0. The van der Waals surface area contributed by atoms with E-state index in [9.17, 15) is 0 Å². The molecule has 0 aromatic rings. The van der Waals surface area contributed by atoms with Crippen molar-refractivity contribution in [2.75, 3.05) is 20.1 Å². The van der Waals surface area contributed by atoms with Gasteiger partial charge in [0.05, 0.1) is 0 Å². The van der Waals surface area contributed by atoms with Crippen molar-refractivity contribution in [1.82, 2.24) is 10.2 Å². The van der Waals surface area contributed by atoms with Gasteiger partial charge in [-0.25, -0.2) is 0 Å². The number of nitrogens with one attached hydrogen (secondary N) is 1. The van der Waals surface area contributed by atoms with Gasteiger partial charge in [0.2, 0.25) is 0 Å². The summed E-state index contributed by atoms with van der Waals surface area (Å²) in [6, 6.07) is 1.67. The van der Waals surface area contributed by atoms with E-state index < -0.39 is 0 Å². The van der Waals surface area contributed by atoms with Crippen LogP contribution in [0.5, 0.6) is 0 Å². The fraction of sp³-hybridized carbons (Fsp3) is 0.882. The minimum atomic E-state index is 0.795. The van der Waals surface area contributed by atoms with Gasteiger partial charge in [0.1, 0.15) is 0 Å². The van der Waals surface area contributed by atoms with Crippen LogP contribution in [0.4, 0.5) is 0 Å². The Bertz CT molecular complexity index is 306. The Morgan fingerprint density at radius 2 is 2.05 bits per heavy atom. The van der Waals surface area contributed by atoms with Crippen LogP contribution < -0.4 is 5.32 Å². The van der Waals surface area contributed by atoms with Gasteiger partial charge in [0.25, 0.3) is 0 Å². The molecule has 0 bridgehead atoms. The van der Waals surface area contributed by atoms with Crippen LogP contribution in [0.25, 0.3) is 0 Å². The molecule has 3 aliphatic rings. The first-order valence-corrected chi connectivity index (χ1v) is 8.45. The van der Waals surface area contributed by atoms with Crippen molar-refractivity contribution >= 4 is 0 Å². The number of nitrogens with zero attached hydrogens (tertiary/aromatic N) is 1. The summed E-state index contributed by atoms with van der Waals surface area (Å²) >= 11 is 0. The zero-order valence-electron chi connectivity index (χ0n) is 12.5. The second-order valence-corrected chi connectivity index (χ2v) is 6.92. The van der Waals surface area contributed by atoms with Gasteiger partial charge in [-0.1, -0.05) is 31.4 Å². The lowest BCUT2D eigenvalue weighted by Gasteiger charge is -2.41. The van der Waals surface area contributed by atoms with E-state index in [0.717, 1.165) is 23.9 Å². The molecule has 108 valence electrons. The Kier molecular flexibility index (Phi) is 4.60. The topological polar surface area (TPSA) is 15.3 Å². The first-order chi connectivity index (χ1) is 9.34. The third kappa shape index (κ3) is 3.22. The highest BCUT2D eigenvalue weighted by molar-refractivity contribution is 5.12. The van der Waals surface area contributed by atoms with Crippen LogP contribution in [0.1, 0.15) is 51.4 Å². The van der Waals surface area contributed by atoms with Crippen LogP contribution in [-0.4, -0.2) is 37.1 Å². The Morgan fingerprint density at radius 1 is 1.21 bits per heavy atom. The molecule has 3 atom stereocenters. The van der Waals surface area contributed by atoms with Crippen molar-refractivity contribution < 1.29 is 0 Å². The molecule has 2 nitrogen and oxygen atoms in total. The second-order valence-electron chi connectivity index (χ2n) is 6.92. The molecule has 0 aromatic heterocycles. The van der Waals surface area contributed by atoms with E-state index in [4.69, 9.17) is 0 Å². The van der Waals surface area contributed by atoms with Gasteiger partial charge in [-0.05, 0) is 64.1 Å². The number of allylic oxidation sites excluding steroid dienone is 1. The normalized spacial score (nSPS) is 34.5. The molecule has 0 saturated heterocycles. The average Bonchev–Trinajstić information content (AvgIpc) is 2.80. The molecule has 2 saturated carbocycles. The van der Waals surface area contributed by atoms with E-state index >= 15 is 0 Å². The number of hydrogen-bond acceptors (Lipinski definition) is 2. The molecule has 3 rings (SSSR count). The highest BCUT2D eigenvalue weighted by atomic mass is 15.1. The summed E-state index contributed by atoms with van der Waals surface area (Å²) in [6.45, 7) is 2.48. The standard InChI is InChI=1S/C17H30N2/c1-19(15-8-3-2-4-9-15)12-6-11-18-17-13-14-7-5-10-16(14)17/h5,10,14-18H,2-4,6-9,11-13H2,1H3. The molecule has 3 unspecified atom stereocenters. The third-order valence-corrected chi connectivity index (χ3v) is 5.65. The van der Waals surface area contributed by atoms with E-state index in [1.54, 1.807) is 0 Å². The van der Waals surface area contributed by atoms with Gasteiger partial charge in [0.15, 0.2) is 0 Å². The van der Waals surface area contributed by atoms with Gasteiger partial charge in [-0.15, -0.1) is 0 Å². The van der Waals surface area contributed by atoms with Gasteiger partial charge >= 0.3 is 0 Å². The summed E-state index contributed by atoms with van der Waals surface area (Å²) in [7, 11) is 2.33. The second kappa shape index (κ2) is 6.41. The highest BCUT2D eigenvalue weighted by Gasteiger charge is 2.40. The van der Waals surface area contributed by atoms with E-state index in [1.807, 2.05) is 0 Å². The van der Waals surface area contributed by atoms with Gasteiger partial charge < -0.3 is 10.2 Å². The minimum absolute atomic E-state index is 0.795. The Balaban J connectivity index is 1.27. The van der Waals surface area contributed by atoms with Crippen LogP contribution in [-0.2, 0) is 0 Å². The maximum atomic E-state index is 3.77. The summed E-state index contributed by atoms with van der Waals surface area (Å²) in [6.07, 6.45) is 16.1. The summed E-state index contributed by atoms with van der Waals surface area (Å²) in [5.74, 6) is 1.86. The monoisotopic (exact) mass is 262 g/mol. The molecule has 0 aromatic carbocycles. The van der Waals surface area contributed by atoms with Crippen molar-refractivity contribution in [2.24, 2.45) is 11.8 Å². The molecule has 1 N–H and O–H groups in total. The van der Waals surface area contributed by atoms with Gasteiger partial charge in [-0.3, -0.25) is 0 Å². The SMILES string of the molecule is CN(CCCNC1CC2CC=CC21)C1CCCCC1. The van der Waals surface area contributed by atoms with E-state index in [1.165, 1.54) is 64.5 Å². The van der Waals surface area contributed by atoms with Crippen LogP contribution in [0.2, 0.25) is 0 Å². The first kappa shape index (κ1) is 13.6. The highest BCUT2D eigenvalue weighted by Crippen LogP contribution is 2.42.